The van der Waals surface area contributed by atoms with Crippen LogP contribution in [0.3, 0.4) is 0 Å². The van der Waals surface area contributed by atoms with Gasteiger partial charge in [-0.3, -0.25) is 0 Å². The smallest absolute Gasteiger partial charge is 0.242 e. The molecule has 1 aromatic carbocycles. The van der Waals surface area contributed by atoms with E-state index < -0.39 is 10.0 Å². The number of aryl methyl sites for hydroxylation is 1. The molecule has 2 heterocycles. The zero-order valence-corrected chi connectivity index (χ0v) is 15.4. The van der Waals surface area contributed by atoms with Crippen molar-refractivity contribution in [2.75, 3.05) is 25.5 Å². The summed E-state index contributed by atoms with van der Waals surface area (Å²) < 4.78 is 28.3. The fraction of sp³-hybridized carbons (Fsp3) is 0.429. The Morgan fingerprint density at radius 1 is 1.39 bits per heavy atom. The molecule has 0 N–H and O–H groups in total. The number of fused-ring (bicyclic) bond motifs is 1. The van der Waals surface area contributed by atoms with Crippen molar-refractivity contribution in [1.82, 2.24) is 14.1 Å². The first-order valence-corrected chi connectivity index (χ1v) is 9.93. The molecular weight excluding hydrogens is 352 g/mol. The number of sulfonamides is 1. The van der Waals surface area contributed by atoms with E-state index in [9.17, 15) is 8.42 Å². The maximum Gasteiger partial charge on any atom is 0.242 e. The maximum atomic E-state index is 12.3. The Balaban J connectivity index is 1.95. The largest absolute Gasteiger partial charge is 0.352 e. The van der Waals surface area contributed by atoms with Gasteiger partial charge in [0.05, 0.1) is 4.90 Å². The lowest BCUT2D eigenvalue weighted by atomic mass is 10.0. The van der Waals surface area contributed by atoms with Crippen LogP contribution in [-0.2, 0) is 23.1 Å². The van der Waals surface area contributed by atoms with E-state index in [1.165, 1.54) is 15.6 Å². The Morgan fingerprint density at radius 2 is 2.17 bits per heavy atom. The molecule has 0 saturated heterocycles. The number of rotatable bonds is 4. The van der Waals surface area contributed by atoms with E-state index in [0.717, 1.165) is 34.6 Å². The van der Waals surface area contributed by atoms with Crippen molar-refractivity contribution in [3.05, 3.63) is 33.2 Å². The van der Waals surface area contributed by atoms with Gasteiger partial charge in [0.25, 0.3) is 0 Å². The summed E-state index contributed by atoms with van der Waals surface area (Å²) in [5, 5.41) is 4.25. The van der Waals surface area contributed by atoms with Crippen molar-refractivity contribution in [2.45, 2.75) is 24.4 Å². The maximum absolute atomic E-state index is 12.3. The molecule has 23 heavy (non-hydrogen) atoms. The zero-order valence-electron chi connectivity index (χ0n) is 13.0. The van der Waals surface area contributed by atoms with Gasteiger partial charge in [0.2, 0.25) is 10.0 Å². The first kappa shape index (κ1) is 16.6. The quantitative estimate of drug-likeness (QED) is 0.773. The van der Waals surface area contributed by atoms with Crippen molar-refractivity contribution in [3.8, 4) is 0 Å². The molecule has 124 valence electrons. The summed E-state index contributed by atoms with van der Waals surface area (Å²) in [4.78, 5) is 2.54. The van der Waals surface area contributed by atoms with Crippen LogP contribution in [0.4, 0.5) is 5.69 Å². The summed E-state index contributed by atoms with van der Waals surface area (Å²) in [6.45, 7) is 1.50. The van der Waals surface area contributed by atoms with Crippen LogP contribution in [0.15, 0.2) is 28.6 Å². The van der Waals surface area contributed by atoms with E-state index in [1.807, 2.05) is 6.07 Å². The van der Waals surface area contributed by atoms with Crippen LogP contribution in [0.1, 0.15) is 12.0 Å². The predicted octanol–water partition coefficient (Wildman–Crippen LogP) is 2.33. The van der Waals surface area contributed by atoms with Crippen molar-refractivity contribution < 1.29 is 8.42 Å². The molecule has 0 radical (unpaired) electrons. The minimum atomic E-state index is -3.40. The molecule has 9 heteroatoms. The lowest BCUT2D eigenvalue weighted by Crippen LogP contribution is -2.32. The van der Waals surface area contributed by atoms with Gasteiger partial charge in [-0.2, -0.15) is 5.10 Å². The monoisotopic (exact) mass is 370 g/mol. The van der Waals surface area contributed by atoms with Gasteiger partial charge >= 0.3 is 0 Å². The molecule has 6 nitrogen and oxygen atoms in total. The number of aromatic nitrogens is 2. The second-order valence-electron chi connectivity index (χ2n) is 5.59. The van der Waals surface area contributed by atoms with E-state index in [2.05, 4.69) is 10.00 Å². The van der Waals surface area contributed by atoms with Gasteiger partial charge in [-0.05, 0) is 48.8 Å². The average molecular weight is 371 g/mol. The molecule has 3 rings (SSSR count). The zero-order chi connectivity index (χ0) is 16.6. The van der Waals surface area contributed by atoms with E-state index in [4.69, 9.17) is 12.2 Å². The standard InChI is InChI=1S/C14H18N4O2S3/c1-16(2)23(19,20)12-5-6-13-11(8-12)4-3-7-17(13)10-18-14(21)22-9-15-18/h5-6,8-9H,3-4,7,10H2,1-2H3. The first-order valence-electron chi connectivity index (χ1n) is 7.20. The number of benzene rings is 1. The molecule has 1 aliphatic heterocycles. The Kier molecular flexibility index (Phi) is 4.54. The molecule has 0 saturated carbocycles. The predicted molar refractivity (Wildman–Crippen MR) is 93.9 cm³/mol. The SMILES string of the molecule is CN(C)S(=O)(=O)c1ccc2c(c1)CCCN2Cn1ncsc1=S. The molecule has 0 unspecified atom stereocenters. The van der Waals surface area contributed by atoms with Gasteiger partial charge in [-0.15, -0.1) is 0 Å². The number of anilines is 1. The summed E-state index contributed by atoms with van der Waals surface area (Å²) in [6.07, 6.45) is 1.86. The summed E-state index contributed by atoms with van der Waals surface area (Å²) in [5.74, 6) is 0. The summed E-state index contributed by atoms with van der Waals surface area (Å²) in [6, 6.07) is 5.35. The Bertz CT molecular complexity index is 870. The molecule has 1 aliphatic rings. The van der Waals surface area contributed by atoms with Gasteiger partial charge in [-0.1, -0.05) is 11.3 Å². The minimum Gasteiger partial charge on any atom is -0.352 e. The molecule has 0 bridgehead atoms. The van der Waals surface area contributed by atoms with Crippen molar-refractivity contribution >= 4 is 39.3 Å². The summed E-state index contributed by atoms with van der Waals surface area (Å²) in [7, 11) is -0.309. The molecule has 2 aromatic rings. The van der Waals surface area contributed by atoms with Crippen molar-refractivity contribution in [1.29, 1.82) is 0 Å². The topological polar surface area (TPSA) is 58.4 Å². The van der Waals surface area contributed by atoms with Crippen LogP contribution >= 0.6 is 23.6 Å². The molecule has 0 spiro atoms. The lowest BCUT2D eigenvalue weighted by molar-refractivity contribution is 0.520. The highest BCUT2D eigenvalue weighted by Crippen LogP contribution is 2.30. The highest BCUT2D eigenvalue weighted by Gasteiger charge is 2.22. The number of hydrogen-bond acceptors (Lipinski definition) is 6. The van der Waals surface area contributed by atoms with Gasteiger partial charge in [0.15, 0.2) is 3.95 Å². The third-order valence-corrected chi connectivity index (χ3v) is 6.82. The number of nitrogens with zero attached hydrogens (tertiary/aromatic N) is 4. The van der Waals surface area contributed by atoms with Gasteiger partial charge in [0.1, 0.15) is 12.2 Å². The Labute approximate surface area is 145 Å². The van der Waals surface area contributed by atoms with E-state index in [-0.39, 0.29) is 0 Å². The average Bonchev–Trinajstić information content (AvgIpc) is 2.92. The van der Waals surface area contributed by atoms with Crippen molar-refractivity contribution in [3.63, 3.8) is 0 Å². The molecule has 0 amide bonds. The van der Waals surface area contributed by atoms with Crippen LogP contribution in [0.2, 0.25) is 0 Å². The van der Waals surface area contributed by atoms with Crippen LogP contribution < -0.4 is 4.90 Å². The fourth-order valence-corrected chi connectivity index (χ4v) is 4.32. The van der Waals surface area contributed by atoms with Gasteiger partial charge in [-0.25, -0.2) is 17.4 Å². The van der Waals surface area contributed by atoms with E-state index in [1.54, 1.807) is 36.4 Å². The third kappa shape index (κ3) is 3.18. The highest BCUT2D eigenvalue weighted by molar-refractivity contribution is 7.89. The van der Waals surface area contributed by atoms with Gasteiger partial charge < -0.3 is 4.90 Å². The fourth-order valence-electron chi connectivity index (χ4n) is 2.66. The van der Waals surface area contributed by atoms with E-state index in [0.29, 0.717) is 11.6 Å². The second-order valence-corrected chi connectivity index (χ2v) is 9.22. The highest BCUT2D eigenvalue weighted by atomic mass is 32.2. The molecule has 0 aliphatic carbocycles. The molecule has 0 fully saturated rings. The normalized spacial score (nSPS) is 15.0. The molecule has 0 atom stereocenters. The van der Waals surface area contributed by atoms with E-state index >= 15 is 0 Å². The van der Waals surface area contributed by atoms with Crippen molar-refractivity contribution in [2.24, 2.45) is 0 Å². The lowest BCUT2D eigenvalue weighted by Gasteiger charge is -2.31. The summed E-state index contributed by atoms with van der Waals surface area (Å²) >= 11 is 6.70. The van der Waals surface area contributed by atoms with Crippen LogP contribution in [0.5, 0.6) is 0 Å². The van der Waals surface area contributed by atoms with Crippen LogP contribution in [0.25, 0.3) is 0 Å². The second kappa shape index (κ2) is 6.31. The minimum absolute atomic E-state index is 0.341. The van der Waals surface area contributed by atoms with Gasteiger partial charge in [0, 0.05) is 26.3 Å². The Hall–Kier alpha value is -1.29. The van der Waals surface area contributed by atoms with Crippen LogP contribution in [-0.4, -0.2) is 43.1 Å². The molecule has 1 aromatic heterocycles. The summed E-state index contributed by atoms with van der Waals surface area (Å²) in [5.41, 5.74) is 3.85. The third-order valence-electron chi connectivity index (χ3n) is 3.90. The number of hydrogen-bond donors (Lipinski definition) is 0. The Morgan fingerprint density at radius 3 is 2.83 bits per heavy atom. The molecular formula is C14H18N4O2S3. The van der Waals surface area contributed by atoms with Crippen LogP contribution in [0, 0.1) is 3.95 Å². The first-order chi connectivity index (χ1) is 10.9.